The number of amides is 1. The fraction of sp³-hybridized carbons (Fsp3) is 0.474. The van der Waals surface area contributed by atoms with Crippen molar-refractivity contribution in [3.63, 3.8) is 0 Å². The molecule has 1 aromatic heterocycles. The molecule has 29 heavy (non-hydrogen) atoms. The van der Waals surface area contributed by atoms with Crippen LogP contribution >= 0.6 is 11.6 Å². The van der Waals surface area contributed by atoms with Crippen LogP contribution in [0.3, 0.4) is 0 Å². The fourth-order valence-corrected chi connectivity index (χ4v) is 5.03. The highest BCUT2D eigenvalue weighted by Gasteiger charge is 2.27. The van der Waals surface area contributed by atoms with Crippen LogP contribution in [0, 0.1) is 13.8 Å². The number of aryl methyl sites for hydroxylation is 1. The number of sulfonamides is 1. The SMILES string of the molecule is COc1ccc(S(=O)(=O)N2CCCCC2)cc1NC(=O)Cn1nc(C)c(Cl)c1C. The number of methoxy groups -OCH3 is 1. The van der Waals surface area contributed by atoms with E-state index >= 15 is 0 Å². The van der Waals surface area contributed by atoms with Gasteiger partial charge in [0.05, 0.1) is 34.1 Å². The number of nitrogens with zero attached hydrogens (tertiary/aromatic N) is 3. The molecule has 1 saturated heterocycles. The summed E-state index contributed by atoms with van der Waals surface area (Å²) in [5, 5.41) is 7.49. The van der Waals surface area contributed by atoms with E-state index in [9.17, 15) is 13.2 Å². The van der Waals surface area contributed by atoms with Crippen LogP contribution in [-0.2, 0) is 21.4 Å². The molecular formula is C19H25ClN4O4S. The van der Waals surface area contributed by atoms with Crippen molar-refractivity contribution >= 4 is 33.2 Å². The zero-order valence-corrected chi connectivity index (χ0v) is 18.3. The molecule has 1 aliphatic rings. The lowest BCUT2D eigenvalue weighted by Gasteiger charge is -2.26. The van der Waals surface area contributed by atoms with E-state index in [1.54, 1.807) is 19.9 Å². The Bertz CT molecular complexity index is 1010. The highest BCUT2D eigenvalue weighted by molar-refractivity contribution is 7.89. The maximum atomic E-state index is 12.9. The second-order valence-corrected chi connectivity index (χ2v) is 9.33. The molecule has 1 N–H and O–H groups in total. The first kappa shape index (κ1) is 21.6. The van der Waals surface area contributed by atoms with Crippen molar-refractivity contribution < 1.29 is 17.9 Å². The summed E-state index contributed by atoms with van der Waals surface area (Å²) in [7, 11) is -2.16. The van der Waals surface area contributed by atoms with E-state index in [4.69, 9.17) is 16.3 Å². The van der Waals surface area contributed by atoms with E-state index in [0.717, 1.165) is 19.3 Å². The van der Waals surface area contributed by atoms with Gasteiger partial charge in [-0.05, 0) is 44.9 Å². The van der Waals surface area contributed by atoms with Gasteiger partial charge in [-0.15, -0.1) is 0 Å². The average Bonchev–Trinajstić information content (AvgIpc) is 2.95. The molecule has 1 fully saturated rings. The smallest absolute Gasteiger partial charge is 0.246 e. The first-order valence-electron chi connectivity index (χ1n) is 9.41. The number of halogens is 1. The third kappa shape index (κ3) is 4.57. The number of rotatable bonds is 6. The summed E-state index contributed by atoms with van der Waals surface area (Å²) in [4.78, 5) is 12.7. The minimum atomic E-state index is -3.62. The third-order valence-electron chi connectivity index (χ3n) is 4.98. The van der Waals surface area contributed by atoms with Crippen LogP contribution in [0.2, 0.25) is 5.02 Å². The molecule has 158 valence electrons. The summed E-state index contributed by atoms with van der Waals surface area (Å²) in [6.07, 6.45) is 2.74. The van der Waals surface area contributed by atoms with Crippen LogP contribution in [0.4, 0.5) is 5.69 Å². The maximum absolute atomic E-state index is 12.9. The molecule has 0 spiro atoms. The predicted molar refractivity (Wildman–Crippen MR) is 111 cm³/mol. The molecule has 0 saturated carbocycles. The summed E-state index contributed by atoms with van der Waals surface area (Å²) in [5.41, 5.74) is 1.63. The maximum Gasteiger partial charge on any atom is 0.246 e. The van der Waals surface area contributed by atoms with E-state index in [2.05, 4.69) is 10.4 Å². The van der Waals surface area contributed by atoms with Crippen LogP contribution < -0.4 is 10.1 Å². The minimum absolute atomic E-state index is 0.0500. The highest BCUT2D eigenvalue weighted by Crippen LogP contribution is 2.30. The predicted octanol–water partition coefficient (Wildman–Crippen LogP) is 2.98. The van der Waals surface area contributed by atoms with Gasteiger partial charge in [0.15, 0.2) is 0 Å². The van der Waals surface area contributed by atoms with Crippen LogP contribution in [-0.4, -0.2) is 48.6 Å². The lowest BCUT2D eigenvalue weighted by Crippen LogP contribution is -2.35. The molecule has 3 rings (SSSR count). The Hall–Kier alpha value is -2.10. The molecule has 10 heteroatoms. The topological polar surface area (TPSA) is 93.5 Å². The van der Waals surface area contributed by atoms with Crippen molar-refractivity contribution in [3.8, 4) is 5.75 Å². The van der Waals surface area contributed by atoms with Gasteiger partial charge in [0, 0.05) is 13.1 Å². The summed E-state index contributed by atoms with van der Waals surface area (Å²) in [6, 6.07) is 4.49. The number of hydrogen-bond donors (Lipinski definition) is 1. The Morgan fingerprint density at radius 1 is 1.24 bits per heavy atom. The second kappa shape index (κ2) is 8.73. The Balaban J connectivity index is 1.83. The molecule has 1 aromatic carbocycles. The van der Waals surface area contributed by atoms with Gasteiger partial charge in [0.1, 0.15) is 12.3 Å². The number of carbonyl (C=O) groups is 1. The van der Waals surface area contributed by atoms with Gasteiger partial charge in [0.2, 0.25) is 15.9 Å². The number of ether oxygens (including phenoxy) is 1. The van der Waals surface area contributed by atoms with Gasteiger partial charge in [0.25, 0.3) is 0 Å². The van der Waals surface area contributed by atoms with Crippen LogP contribution in [0.25, 0.3) is 0 Å². The van der Waals surface area contributed by atoms with E-state index in [-0.39, 0.29) is 17.3 Å². The number of piperidine rings is 1. The van der Waals surface area contributed by atoms with Crippen LogP contribution in [0.15, 0.2) is 23.1 Å². The van der Waals surface area contributed by atoms with Crippen molar-refractivity contribution in [2.24, 2.45) is 0 Å². The van der Waals surface area contributed by atoms with Crippen molar-refractivity contribution in [1.82, 2.24) is 14.1 Å². The van der Waals surface area contributed by atoms with Gasteiger partial charge in [-0.1, -0.05) is 18.0 Å². The van der Waals surface area contributed by atoms with Gasteiger partial charge >= 0.3 is 0 Å². The Labute approximate surface area is 175 Å². The van der Waals surface area contributed by atoms with E-state index < -0.39 is 10.0 Å². The number of carbonyl (C=O) groups excluding carboxylic acids is 1. The lowest BCUT2D eigenvalue weighted by molar-refractivity contribution is -0.117. The Kier molecular flexibility index (Phi) is 6.50. The summed E-state index contributed by atoms with van der Waals surface area (Å²) < 4.78 is 34.2. The van der Waals surface area contributed by atoms with Gasteiger partial charge < -0.3 is 10.1 Å². The molecule has 2 heterocycles. The molecule has 1 aliphatic heterocycles. The lowest BCUT2D eigenvalue weighted by atomic mass is 10.2. The summed E-state index contributed by atoms with van der Waals surface area (Å²) in [6.45, 7) is 4.51. The quantitative estimate of drug-likeness (QED) is 0.745. The first-order chi connectivity index (χ1) is 13.7. The van der Waals surface area contributed by atoms with Crippen molar-refractivity contribution in [1.29, 1.82) is 0 Å². The third-order valence-corrected chi connectivity index (χ3v) is 7.43. The summed E-state index contributed by atoms with van der Waals surface area (Å²) >= 11 is 6.13. The second-order valence-electron chi connectivity index (χ2n) is 7.02. The number of benzene rings is 1. The monoisotopic (exact) mass is 440 g/mol. The molecule has 0 radical (unpaired) electrons. The fourth-order valence-electron chi connectivity index (χ4n) is 3.35. The van der Waals surface area contributed by atoms with E-state index in [0.29, 0.717) is 40.9 Å². The number of aromatic nitrogens is 2. The minimum Gasteiger partial charge on any atom is -0.495 e. The zero-order valence-electron chi connectivity index (χ0n) is 16.7. The zero-order chi connectivity index (χ0) is 21.2. The molecule has 0 atom stereocenters. The Morgan fingerprint density at radius 3 is 2.52 bits per heavy atom. The standard InChI is InChI=1S/C19H25ClN4O4S/c1-13-19(20)14(2)24(22-13)12-18(25)21-16-11-15(7-8-17(16)28-3)29(26,27)23-9-5-4-6-10-23/h7-8,11H,4-6,9-10,12H2,1-3H3,(H,21,25). The summed E-state index contributed by atoms with van der Waals surface area (Å²) in [5.74, 6) is 0.0143. The van der Waals surface area contributed by atoms with Gasteiger partial charge in [-0.2, -0.15) is 9.40 Å². The Morgan fingerprint density at radius 2 is 1.93 bits per heavy atom. The molecule has 0 aliphatic carbocycles. The van der Waals surface area contributed by atoms with Crippen molar-refractivity contribution in [3.05, 3.63) is 34.6 Å². The number of hydrogen-bond acceptors (Lipinski definition) is 5. The normalized spacial score (nSPS) is 15.3. The van der Waals surface area contributed by atoms with E-state index in [1.807, 2.05) is 0 Å². The molecule has 0 unspecified atom stereocenters. The molecule has 2 aromatic rings. The molecule has 8 nitrogen and oxygen atoms in total. The number of anilines is 1. The number of nitrogens with one attached hydrogen (secondary N) is 1. The largest absolute Gasteiger partial charge is 0.495 e. The van der Waals surface area contributed by atoms with Crippen LogP contribution in [0.1, 0.15) is 30.7 Å². The van der Waals surface area contributed by atoms with Gasteiger partial charge in [-0.3, -0.25) is 9.48 Å². The van der Waals surface area contributed by atoms with Gasteiger partial charge in [-0.25, -0.2) is 8.42 Å². The average molecular weight is 441 g/mol. The van der Waals surface area contributed by atoms with Crippen LogP contribution in [0.5, 0.6) is 5.75 Å². The van der Waals surface area contributed by atoms with E-state index in [1.165, 1.54) is 28.2 Å². The van der Waals surface area contributed by atoms with Crippen molar-refractivity contribution in [2.45, 2.75) is 44.6 Å². The molecule has 0 bridgehead atoms. The molecule has 1 amide bonds. The van der Waals surface area contributed by atoms with Crippen molar-refractivity contribution in [2.75, 3.05) is 25.5 Å². The highest BCUT2D eigenvalue weighted by atomic mass is 35.5. The first-order valence-corrected chi connectivity index (χ1v) is 11.2. The molecular weight excluding hydrogens is 416 g/mol.